The molecule has 0 aliphatic carbocycles. The number of rotatable bonds is 4. The van der Waals surface area contributed by atoms with E-state index < -0.39 is 18.2 Å². The maximum atomic E-state index is 12.8. The second-order valence-electron chi connectivity index (χ2n) is 6.91. The fourth-order valence-electron chi connectivity index (χ4n) is 3.62. The highest BCUT2D eigenvalue weighted by atomic mass is 35.5. The summed E-state index contributed by atoms with van der Waals surface area (Å²) >= 11 is 7.49. The predicted octanol–water partition coefficient (Wildman–Crippen LogP) is 5.00. The normalized spacial score (nSPS) is 22.2. The Labute approximate surface area is 184 Å². The number of hydrogen-bond donors (Lipinski definition) is 1. The number of halogens is 1. The van der Waals surface area contributed by atoms with Gasteiger partial charge in [-0.15, -0.1) is 0 Å². The van der Waals surface area contributed by atoms with E-state index in [1.165, 1.54) is 11.8 Å². The molecule has 1 N–H and O–H groups in total. The lowest BCUT2D eigenvalue weighted by Gasteiger charge is -2.36. The summed E-state index contributed by atoms with van der Waals surface area (Å²) in [5.74, 6) is -0.420. The first-order chi connectivity index (χ1) is 14.5. The van der Waals surface area contributed by atoms with Gasteiger partial charge in [0.2, 0.25) is 0 Å². The summed E-state index contributed by atoms with van der Waals surface area (Å²) in [6.45, 7) is 3.85. The quantitative estimate of drug-likeness (QED) is 0.678. The van der Waals surface area contributed by atoms with Gasteiger partial charge in [-0.2, -0.15) is 0 Å². The number of benzene rings is 2. The van der Waals surface area contributed by atoms with Gasteiger partial charge in [0, 0.05) is 9.93 Å². The van der Waals surface area contributed by atoms with E-state index in [2.05, 4.69) is 4.99 Å². The van der Waals surface area contributed by atoms with Crippen LogP contribution in [0.25, 0.3) is 6.08 Å². The van der Waals surface area contributed by atoms with E-state index >= 15 is 0 Å². The highest BCUT2D eigenvalue weighted by molar-refractivity contribution is 8.17. The summed E-state index contributed by atoms with van der Waals surface area (Å²) < 4.78 is 5.31. The molecule has 2 aliphatic heterocycles. The number of aliphatic hydroxyl groups excluding tert-OH is 1. The van der Waals surface area contributed by atoms with E-state index in [0.717, 1.165) is 16.0 Å². The number of hydrogen-bond acceptors (Lipinski definition) is 6. The highest BCUT2D eigenvalue weighted by Crippen LogP contribution is 2.47. The summed E-state index contributed by atoms with van der Waals surface area (Å²) in [6, 6.07) is 16.6. The molecule has 1 fully saturated rings. The number of esters is 1. The number of carbonyl (C=O) groups is 1. The Morgan fingerprint density at radius 3 is 2.73 bits per heavy atom. The predicted molar refractivity (Wildman–Crippen MR) is 121 cm³/mol. The van der Waals surface area contributed by atoms with Crippen molar-refractivity contribution in [1.82, 2.24) is 4.90 Å². The van der Waals surface area contributed by atoms with E-state index in [-0.39, 0.29) is 6.61 Å². The van der Waals surface area contributed by atoms with Gasteiger partial charge in [0.25, 0.3) is 0 Å². The number of fused-ring (bicyclic) bond motifs is 1. The Morgan fingerprint density at radius 2 is 2.03 bits per heavy atom. The second-order valence-corrected chi connectivity index (χ2v) is 8.39. The fourth-order valence-corrected chi connectivity index (χ4v) is 4.94. The van der Waals surface area contributed by atoms with E-state index in [1.807, 2.05) is 54.6 Å². The minimum absolute atomic E-state index is 0.269. The maximum absolute atomic E-state index is 12.8. The zero-order valence-corrected chi connectivity index (χ0v) is 18.2. The molecule has 1 saturated heterocycles. The lowest BCUT2D eigenvalue weighted by Crippen LogP contribution is -2.41. The summed E-state index contributed by atoms with van der Waals surface area (Å²) in [6.07, 6.45) is 0.944. The van der Waals surface area contributed by atoms with Crippen LogP contribution in [0.1, 0.15) is 31.0 Å². The van der Waals surface area contributed by atoms with Crippen molar-refractivity contribution in [2.75, 3.05) is 6.61 Å². The first-order valence-electron chi connectivity index (χ1n) is 9.62. The van der Waals surface area contributed by atoms with Crippen LogP contribution < -0.4 is 0 Å². The van der Waals surface area contributed by atoms with Gasteiger partial charge in [0.05, 0.1) is 23.9 Å². The lowest BCUT2D eigenvalue weighted by molar-refractivity contribution is -0.139. The number of ether oxygens (including phenoxy) is 1. The third kappa shape index (κ3) is 3.90. The molecule has 0 aromatic heterocycles. The van der Waals surface area contributed by atoms with Gasteiger partial charge in [-0.25, -0.2) is 9.79 Å². The van der Waals surface area contributed by atoms with Crippen LogP contribution in [0.3, 0.4) is 0 Å². The molecule has 0 saturated carbocycles. The molecular formula is C23H21ClN2O3S. The molecule has 2 atom stereocenters. The SMILES string of the molecule is CCOC(=O)C1=C(C)N=C2S/C(=C/c3cccc(Cl)c3)C(O)N2C1c1ccccc1. The Kier molecular flexibility index (Phi) is 5.99. The summed E-state index contributed by atoms with van der Waals surface area (Å²) in [5.41, 5.74) is 2.81. The van der Waals surface area contributed by atoms with Gasteiger partial charge in [-0.3, -0.25) is 0 Å². The molecule has 0 bridgehead atoms. The second kappa shape index (κ2) is 8.68. The fraction of sp³-hybridized carbons (Fsp3) is 0.217. The molecule has 2 aromatic carbocycles. The summed E-state index contributed by atoms with van der Waals surface area (Å²) in [7, 11) is 0. The van der Waals surface area contributed by atoms with Gasteiger partial charge in [-0.05, 0) is 43.2 Å². The standard InChI is InChI=1S/C23H21ClN2O3S/c1-3-29-22(28)19-14(2)25-23-26(20(19)16-9-5-4-6-10-16)21(27)18(30-23)13-15-8-7-11-17(24)12-15/h4-13,20-21,27H,3H2,1-2H3/b18-13+. The molecule has 0 radical (unpaired) electrons. The van der Waals surface area contributed by atoms with Crippen LogP contribution in [0.2, 0.25) is 5.02 Å². The van der Waals surface area contributed by atoms with Crippen molar-refractivity contribution in [2.45, 2.75) is 26.1 Å². The van der Waals surface area contributed by atoms with Crippen LogP contribution in [0.5, 0.6) is 0 Å². The van der Waals surface area contributed by atoms with Crippen molar-refractivity contribution >= 4 is 40.6 Å². The topological polar surface area (TPSA) is 62.1 Å². The first-order valence-corrected chi connectivity index (χ1v) is 10.8. The number of thioether (sulfide) groups is 1. The van der Waals surface area contributed by atoms with Crippen LogP contribution in [0.15, 0.2) is 75.8 Å². The summed E-state index contributed by atoms with van der Waals surface area (Å²) in [5, 5.41) is 12.5. The largest absolute Gasteiger partial charge is 0.463 e. The van der Waals surface area contributed by atoms with Crippen molar-refractivity contribution in [1.29, 1.82) is 0 Å². The molecule has 7 heteroatoms. The van der Waals surface area contributed by atoms with Crippen LogP contribution in [-0.4, -0.2) is 34.0 Å². The molecule has 2 aliphatic rings. The molecule has 2 heterocycles. The van der Waals surface area contributed by atoms with Gasteiger partial charge in [-0.1, -0.05) is 65.8 Å². The monoisotopic (exact) mass is 440 g/mol. The average Bonchev–Trinajstić information content (AvgIpc) is 3.02. The molecule has 0 amide bonds. The molecule has 2 unspecified atom stereocenters. The van der Waals surface area contributed by atoms with Crippen LogP contribution in [0, 0.1) is 0 Å². The van der Waals surface area contributed by atoms with E-state index in [1.54, 1.807) is 24.8 Å². The number of nitrogens with zero attached hydrogens (tertiary/aromatic N) is 2. The number of aliphatic hydroxyl groups is 1. The van der Waals surface area contributed by atoms with E-state index in [0.29, 0.717) is 21.5 Å². The number of carbonyl (C=O) groups excluding carboxylic acids is 1. The van der Waals surface area contributed by atoms with Crippen molar-refractivity contribution in [3.8, 4) is 0 Å². The van der Waals surface area contributed by atoms with Crippen LogP contribution in [0.4, 0.5) is 0 Å². The Hall–Kier alpha value is -2.54. The van der Waals surface area contributed by atoms with Crippen molar-refractivity contribution < 1.29 is 14.6 Å². The lowest BCUT2D eigenvalue weighted by atomic mass is 9.94. The van der Waals surface area contributed by atoms with E-state index in [4.69, 9.17) is 16.3 Å². The van der Waals surface area contributed by atoms with Crippen molar-refractivity contribution in [2.24, 2.45) is 4.99 Å². The van der Waals surface area contributed by atoms with Crippen LogP contribution in [-0.2, 0) is 9.53 Å². The Bertz CT molecular complexity index is 1070. The zero-order chi connectivity index (χ0) is 21.3. The highest BCUT2D eigenvalue weighted by Gasteiger charge is 2.45. The molecular weight excluding hydrogens is 420 g/mol. The number of allylic oxidation sites excluding steroid dienone is 1. The number of amidine groups is 1. The van der Waals surface area contributed by atoms with Gasteiger partial charge in [0.1, 0.15) is 0 Å². The molecule has 4 rings (SSSR count). The average molecular weight is 441 g/mol. The first kappa shape index (κ1) is 20.7. The zero-order valence-electron chi connectivity index (χ0n) is 16.6. The minimum Gasteiger partial charge on any atom is -0.463 e. The molecule has 154 valence electrons. The Morgan fingerprint density at radius 1 is 1.27 bits per heavy atom. The minimum atomic E-state index is -0.949. The molecule has 30 heavy (non-hydrogen) atoms. The van der Waals surface area contributed by atoms with Crippen LogP contribution >= 0.6 is 23.4 Å². The van der Waals surface area contributed by atoms with Gasteiger partial charge < -0.3 is 14.7 Å². The third-order valence-corrected chi connectivity index (χ3v) is 6.21. The van der Waals surface area contributed by atoms with Crippen molar-refractivity contribution in [3.05, 3.63) is 86.9 Å². The van der Waals surface area contributed by atoms with Gasteiger partial charge >= 0.3 is 5.97 Å². The smallest absolute Gasteiger partial charge is 0.338 e. The maximum Gasteiger partial charge on any atom is 0.338 e. The summed E-state index contributed by atoms with van der Waals surface area (Å²) in [4.78, 5) is 19.9. The van der Waals surface area contributed by atoms with E-state index in [9.17, 15) is 9.90 Å². The molecule has 0 spiro atoms. The molecule has 5 nitrogen and oxygen atoms in total. The third-order valence-electron chi connectivity index (χ3n) is 4.92. The van der Waals surface area contributed by atoms with Gasteiger partial charge in [0.15, 0.2) is 11.4 Å². The Balaban J connectivity index is 1.78. The molecule has 2 aromatic rings. The number of aliphatic imine (C=N–C) groups is 1. The van der Waals surface area contributed by atoms with Crippen molar-refractivity contribution in [3.63, 3.8) is 0 Å².